The van der Waals surface area contributed by atoms with Crippen LogP contribution in [-0.4, -0.2) is 4.57 Å². The van der Waals surface area contributed by atoms with Crippen LogP contribution in [0.4, 0.5) is 0 Å². The number of ether oxygens (including phenoxy) is 1. The molecule has 0 saturated carbocycles. The Labute approximate surface area is 412 Å². The number of aromatic nitrogens is 3. The lowest BCUT2D eigenvalue weighted by atomic mass is 9.65. The third-order valence-corrected chi connectivity index (χ3v) is 16.0. The summed E-state index contributed by atoms with van der Waals surface area (Å²) in [6, 6.07) is 57.1. The van der Waals surface area contributed by atoms with Crippen LogP contribution in [0.15, 0.2) is 164 Å². The second-order valence-electron chi connectivity index (χ2n) is 21.8. The molecule has 2 aromatic heterocycles. The molecule has 7 aromatic carbocycles. The van der Waals surface area contributed by atoms with Crippen LogP contribution in [0.1, 0.15) is 126 Å². The van der Waals surface area contributed by atoms with Crippen molar-refractivity contribution in [3.8, 4) is 78.6 Å². The Hall–Kier alpha value is -7.04. The highest BCUT2D eigenvalue weighted by Gasteiger charge is 2.69. The second-order valence-corrected chi connectivity index (χ2v) is 21.8. The zero-order valence-electron chi connectivity index (χ0n) is 44.8. The third kappa shape index (κ3) is 6.19. The minimum atomic E-state index is -1.27. The highest BCUT2D eigenvalue weighted by atomic mass is 16.5. The Morgan fingerprint density at radius 2 is 1.20 bits per heavy atom. The average molecular weight is 905 g/mol. The lowest BCUT2D eigenvalue weighted by Gasteiger charge is -2.39. The molecule has 3 aliphatic rings. The van der Waals surface area contributed by atoms with E-state index in [0.29, 0.717) is 5.75 Å². The number of hydrogen-bond donors (Lipinski definition) is 0. The smallest absolute Gasteiger partial charge is 0.392 e. The molecule has 1 unspecified atom stereocenters. The Morgan fingerprint density at radius 3 is 1.87 bits per heavy atom. The molecule has 1 atom stereocenters. The largest absolute Gasteiger partial charge is 0.499 e. The van der Waals surface area contributed by atoms with Gasteiger partial charge in [0.05, 0.1) is 5.56 Å². The molecule has 4 nitrogen and oxygen atoms in total. The summed E-state index contributed by atoms with van der Waals surface area (Å²) in [5.74, 6) is -2.49. The quantitative estimate of drug-likeness (QED) is 0.139. The summed E-state index contributed by atoms with van der Waals surface area (Å²) in [5.41, 5.74) is 19.5. The number of para-hydroxylation sites is 1. The molecule has 4 heteroatoms. The Morgan fingerprint density at radius 1 is 0.536 bits per heavy atom. The Bertz CT molecular complexity index is 3710. The van der Waals surface area contributed by atoms with E-state index < -0.39 is 23.5 Å². The van der Waals surface area contributed by atoms with Crippen LogP contribution in [0.5, 0.6) is 5.75 Å². The number of benzene rings is 7. The highest BCUT2D eigenvalue weighted by molar-refractivity contribution is 6.00. The average Bonchev–Trinajstić information content (AvgIpc) is 3.84. The molecule has 0 fully saturated rings. The lowest BCUT2D eigenvalue weighted by molar-refractivity contribution is -0.997. The molecule has 9 aromatic rings. The van der Waals surface area contributed by atoms with Gasteiger partial charge in [-0.05, 0) is 121 Å². The molecule has 0 saturated heterocycles. The van der Waals surface area contributed by atoms with Gasteiger partial charge >= 0.3 is 11.7 Å². The van der Waals surface area contributed by atoms with Gasteiger partial charge in [-0.25, -0.2) is 0 Å². The summed E-state index contributed by atoms with van der Waals surface area (Å²) in [6.07, 6.45) is 2.20. The summed E-state index contributed by atoms with van der Waals surface area (Å²) < 4.78 is 43.5. The van der Waals surface area contributed by atoms with Gasteiger partial charge in [-0.2, -0.15) is 4.57 Å². The van der Waals surface area contributed by atoms with E-state index in [1.54, 1.807) is 0 Å². The third-order valence-electron chi connectivity index (χ3n) is 16.0. The predicted molar refractivity (Wildman–Crippen MR) is 284 cm³/mol. The SMILES string of the molecule is [2H]C(C)(C)c1ccc(-c2cc[n+]3c(c2)-c2cc(-c4ccccc4)cc4c2C32Oc3c(cc(C([2H])(C)C)cc3C([2H])(C)C)-c3n(-c5ccc(C(C)(C)C(C)(C)C)cc5-c5ccccc5)c5cccc-4c5[n+]32)cc1. The summed E-state index contributed by atoms with van der Waals surface area (Å²) >= 11 is 0. The van der Waals surface area contributed by atoms with Crippen molar-refractivity contribution in [1.82, 2.24) is 4.57 Å². The predicted octanol–water partition coefficient (Wildman–Crippen LogP) is 16.1. The first kappa shape index (κ1) is 39.9. The van der Waals surface area contributed by atoms with Crippen LogP contribution in [0, 0.1) is 5.41 Å². The number of hydrogen-bond acceptors (Lipinski definition) is 1. The van der Waals surface area contributed by atoms with E-state index in [0.717, 1.165) is 106 Å². The standard InChI is InChI=1S/C65H63N3O/c1-39(2)42-25-27-44(28-26-42)46-31-32-66-58(37-46)54-36-48(43-19-14-12-15-20-43)35-53-50-23-18-24-57-60(50)68-62(55-34-47(40(3)4)33-51(41(5)6)61(55)69-65(66,68)59(53)54)67(57)56-30-29-49(64(10,11)63(7,8)9)38-52(56)45-21-16-13-17-22-45/h12-41H,1-11H3/q+2/i39D,40D,41D. The van der Waals surface area contributed by atoms with Crippen LogP contribution < -0.4 is 13.9 Å². The number of nitrogens with zero attached hydrogens (tertiary/aromatic N) is 3. The maximum absolute atomic E-state index is 9.89. The van der Waals surface area contributed by atoms with Gasteiger partial charge in [0.25, 0.3) is 0 Å². The molecule has 0 radical (unpaired) electrons. The van der Waals surface area contributed by atoms with Gasteiger partial charge in [-0.15, -0.1) is 9.13 Å². The van der Waals surface area contributed by atoms with Crippen molar-refractivity contribution in [2.45, 2.75) is 105 Å². The van der Waals surface area contributed by atoms with Crippen molar-refractivity contribution < 1.29 is 18.0 Å². The zero-order valence-corrected chi connectivity index (χ0v) is 41.8. The maximum atomic E-state index is 9.89. The van der Waals surface area contributed by atoms with E-state index in [1.807, 2.05) is 41.5 Å². The van der Waals surface area contributed by atoms with Gasteiger partial charge < -0.3 is 4.74 Å². The van der Waals surface area contributed by atoms with Gasteiger partial charge in [-0.1, -0.05) is 179 Å². The second kappa shape index (κ2) is 15.2. The molecular weight excluding hydrogens is 839 g/mol. The van der Waals surface area contributed by atoms with E-state index in [2.05, 4.69) is 212 Å². The normalized spacial score (nSPS) is 16.5. The van der Waals surface area contributed by atoms with Gasteiger partial charge in [0.1, 0.15) is 16.8 Å². The molecule has 12 rings (SSSR count). The first-order valence-corrected chi connectivity index (χ1v) is 24.6. The fourth-order valence-electron chi connectivity index (χ4n) is 11.2. The van der Waals surface area contributed by atoms with Crippen molar-refractivity contribution in [2.75, 3.05) is 0 Å². The molecule has 0 bridgehead atoms. The molecule has 5 heterocycles. The maximum Gasteiger partial charge on any atom is 0.499 e. The molecule has 0 N–H and O–H groups in total. The molecule has 3 aliphatic heterocycles. The van der Waals surface area contributed by atoms with Crippen molar-refractivity contribution in [2.24, 2.45) is 5.41 Å². The van der Waals surface area contributed by atoms with Crippen LogP contribution in [0.3, 0.4) is 0 Å². The molecule has 1 spiro atoms. The van der Waals surface area contributed by atoms with Gasteiger partial charge in [0, 0.05) is 32.9 Å². The van der Waals surface area contributed by atoms with Crippen molar-refractivity contribution in [3.05, 3.63) is 192 Å². The van der Waals surface area contributed by atoms with Crippen LogP contribution in [0.25, 0.3) is 83.9 Å². The van der Waals surface area contributed by atoms with E-state index in [1.165, 1.54) is 5.56 Å². The fourth-order valence-corrected chi connectivity index (χ4v) is 11.2. The van der Waals surface area contributed by atoms with Gasteiger partial charge in [0.15, 0.2) is 23.0 Å². The zero-order chi connectivity index (χ0) is 50.7. The molecule has 69 heavy (non-hydrogen) atoms. The Balaban J connectivity index is 1.26. The molecule has 0 amide bonds. The molecule has 0 aliphatic carbocycles. The summed E-state index contributed by atoms with van der Waals surface area (Å²) in [7, 11) is 0. The van der Waals surface area contributed by atoms with E-state index in [-0.39, 0.29) is 10.8 Å². The first-order valence-electron chi connectivity index (χ1n) is 26.1. The molecule has 342 valence electrons. The van der Waals surface area contributed by atoms with E-state index in [9.17, 15) is 2.74 Å². The number of pyridine rings is 1. The minimum absolute atomic E-state index is 0.0236. The number of fused-ring (bicyclic) bond motifs is 5. The van der Waals surface area contributed by atoms with Crippen LogP contribution in [0.2, 0.25) is 0 Å². The van der Waals surface area contributed by atoms with Crippen molar-refractivity contribution >= 4 is 11.0 Å². The van der Waals surface area contributed by atoms with Gasteiger partial charge in [-0.3, -0.25) is 0 Å². The van der Waals surface area contributed by atoms with Crippen molar-refractivity contribution in [3.63, 3.8) is 0 Å². The highest BCUT2D eigenvalue weighted by Crippen LogP contribution is 2.56. The van der Waals surface area contributed by atoms with Gasteiger partial charge in [0.2, 0.25) is 5.69 Å². The van der Waals surface area contributed by atoms with Crippen molar-refractivity contribution in [1.29, 1.82) is 0 Å². The molecular formula is C65H63N3O+2. The monoisotopic (exact) mass is 905 g/mol. The Kier molecular flexibility index (Phi) is 8.81. The van der Waals surface area contributed by atoms with E-state index in [4.69, 9.17) is 6.11 Å². The summed E-state index contributed by atoms with van der Waals surface area (Å²) in [5, 5.41) is 0. The number of imidazole rings is 1. The number of rotatable bonds is 8. The van der Waals surface area contributed by atoms with Crippen LogP contribution in [-0.2, 0) is 11.3 Å². The minimum Gasteiger partial charge on any atom is -0.392 e. The van der Waals surface area contributed by atoms with E-state index >= 15 is 0 Å². The summed E-state index contributed by atoms with van der Waals surface area (Å²) in [4.78, 5) is 0. The van der Waals surface area contributed by atoms with Crippen LogP contribution >= 0.6 is 0 Å². The summed E-state index contributed by atoms with van der Waals surface area (Å²) in [6.45, 7) is 23.3. The fraction of sp³-hybridized carbons (Fsp3) is 0.262. The first-order chi connectivity index (χ1) is 34.0. The topological polar surface area (TPSA) is 21.9 Å². The lowest BCUT2D eigenvalue weighted by Crippen LogP contribution is -2.78.